The van der Waals surface area contributed by atoms with Gasteiger partial charge >= 0.3 is 11.7 Å². The lowest BCUT2D eigenvalue weighted by atomic mass is 9.90. The minimum Gasteiger partial charge on any atom is -0.490 e. The van der Waals surface area contributed by atoms with Gasteiger partial charge in [-0.3, -0.25) is 14.9 Å². The van der Waals surface area contributed by atoms with Crippen molar-refractivity contribution < 1.29 is 24.3 Å². The minimum absolute atomic E-state index is 0.0643. The Morgan fingerprint density at radius 2 is 1.69 bits per heavy atom. The highest BCUT2D eigenvalue weighted by Crippen LogP contribution is 2.40. The number of carboxylic acids is 1. The highest BCUT2D eigenvalue weighted by molar-refractivity contribution is 5.67. The first-order valence-electron chi connectivity index (χ1n) is 9.52. The Bertz CT molecular complexity index is 875. The summed E-state index contributed by atoms with van der Waals surface area (Å²) in [5.41, 5.74) is 2.76. The van der Waals surface area contributed by atoms with Gasteiger partial charge in [-0.2, -0.15) is 0 Å². The third-order valence-electron chi connectivity index (χ3n) is 4.65. The molecule has 0 spiro atoms. The van der Waals surface area contributed by atoms with Gasteiger partial charge in [-0.15, -0.1) is 0 Å². The van der Waals surface area contributed by atoms with E-state index in [1.54, 1.807) is 6.07 Å². The quantitative estimate of drug-likeness (QED) is 0.430. The summed E-state index contributed by atoms with van der Waals surface area (Å²) in [4.78, 5) is 21.6. The van der Waals surface area contributed by atoms with Crippen LogP contribution in [0.5, 0.6) is 17.2 Å². The van der Waals surface area contributed by atoms with Crippen molar-refractivity contribution in [3.8, 4) is 17.2 Å². The van der Waals surface area contributed by atoms with Gasteiger partial charge in [-0.05, 0) is 41.0 Å². The molecule has 0 aliphatic rings. The molecule has 2 rings (SSSR count). The van der Waals surface area contributed by atoms with E-state index >= 15 is 0 Å². The van der Waals surface area contributed by atoms with Gasteiger partial charge in [0.1, 0.15) is 11.5 Å². The largest absolute Gasteiger partial charge is 0.490 e. The Kier molecular flexibility index (Phi) is 7.20. The second kappa shape index (κ2) is 9.41. The van der Waals surface area contributed by atoms with Gasteiger partial charge in [0.05, 0.1) is 12.0 Å². The highest BCUT2D eigenvalue weighted by atomic mass is 16.6. The zero-order chi connectivity index (χ0) is 21.7. The minimum atomic E-state index is -0.833. The number of rotatable bonds is 9. The Labute approximate surface area is 170 Å². The molecule has 0 saturated heterocycles. The van der Waals surface area contributed by atoms with Crippen molar-refractivity contribution in [2.75, 3.05) is 7.11 Å². The molecule has 0 atom stereocenters. The Balaban J connectivity index is 2.53. The van der Waals surface area contributed by atoms with Crippen LogP contribution in [-0.2, 0) is 11.2 Å². The van der Waals surface area contributed by atoms with Crippen molar-refractivity contribution in [1.82, 2.24) is 0 Å². The molecule has 0 fully saturated rings. The highest BCUT2D eigenvalue weighted by Gasteiger charge is 2.20. The van der Waals surface area contributed by atoms with E-state index in [2.05, 4.69) is 0 Å². The van der Waals surface area contributed by atoms with Crippen LogP contribution in [0.15, 0.2) is 30.3 Å². The number of nitro groups is 1. The summed E-state index contributed by atoms with van der Waals surface area (Å²) >= 11 is 0. The summed E-state index contributed by atoms with van der Waals surface area (Å²) in [7, 11) is 1.38. The average Bonchev–Trinajstić information content (AvgIpc) is 2.65. The van der Waals surface area contributed by atoms with Gasteiger partial charge in [0.2, 0.25) is 5.75 Å². The van der Waals surface area contributed by atoms with Crippen LogP contribution in [-0.4, -0.2) is 23.1 Å². The number of nitrogens with zero attached hydrogens (tertiary/aromatic N) is 1. The second-order valence-electron chi connectivity index (χ2n) is 7.50. The Morgan fingerprint density at radius 3 is 2.14 bits per heavy atom. The molecule has 2 aromatic carbocycles. The molecule has 0 aliphatic carbocycles. The van der Waals surface area contributed by atoms with E-state index in [1.807, 2.05) is 39.8 Å². The van der Waals surface area contributed by atoms with Crippen LogP contribution in [0, 0.1) is 10.1 Å². The molecule has 7 nitrogen and oxygen atoms in total. The normalized spacial score (nSPS) is 11.0. The standard InChI is InChI=1S/C22H27NO6/c1-13(2)17-10-15(6-9-21(24)25)11-18(14(3)4)22(17)29-16-7-8-19(23(26)27)20(12-16)28-5/h7-8,10-14H,6,9H2,1-5H3,(H,24,25). The lowest BCUT2D eigenvalue weighted by Crippen LogP contribution is -2.05. The van der Waals surface area contributed by atoms with Crippen molar-refractivity contribution >= 4 is 11.7 Å². The van der Waals surface area contributed by atoms with Gasteiger partial charge in [0.15, 0.2) is 0 Å². The van der Waals surface area contributed by atoms with E-state index in [1.165, 1.54) is 19.2 Å². The lowest BCUT2D eigenvalue weighted by Gasteiger charge is -2.22. The molecular weight excluding hydrogens is 374 g/mol. The molecule has 1 N–H and O–H groups in total. The maximum Gasteiger partial charge on any atom is 0.311 e. The summed E-state index contributed by atoms with van der Waals surface area (Å²) in [6.45, 7) is 8.18. The Morgan fingerprint density at radius 1 is 1.10 bits per heavy atom. The number of benzene rings is 2. The molecule has 0 bridgehead atoms. The molecule has 0 amide bonds. The first-order valence-corrected chi connectivity index (χ1v) is 9.52. The van der Waals surface area contributed by atoms with Crippen LogP contribution in [0.4, 0.5) is 5.69 Å². The lowest BCUT2D eigenvalue weighted by molar-refractivity contribution is -0.385. The Hall–Kier alpha value is -3.09. The molecule has 0 radical (unpaired) electrons. The number of nitro benzene ring substituents is 1. The molecule has 0 saturated carbocycles. The van der Waals surface area contributed by atoms with E-state index in [0.29, 0.717) is 17.9 Å². The van der Waals surface area contributed by atoms with Crippen LogP contribution >= 0.6 is 0 Å². The molecule has 0 aromatic heterocycles. The molecule has 0 unspecified atom stereocenters. The van der Waals surface area contributed by atoms with Crippen LogP contribution in [0.1, 0.15) is 62.6 Å². The fourth-order valence-electron chi connectivity index (χ4n) is 3.10. The van der Waals surface area contributed by atoms with Crippen LogP contribution < -0.4 is 9.47 Å². The number of carboxylic acid groups (broad SMARTS) is 1. The first kappa shape index (κ1) is 22.2. The molecule has 0 heterocycles. The number of hydrogen-bond acceptors (Lipinski definition) is 5. The van der Waals surface area contributed by atoms with Crippen LogP contribution in [0.25, 0.3) is 0 Å². The molecular formula is C22H27NO6. The van der Waals surface area contributed by atoms with Crippen molar-refractivity contribution in [2.45, 2.75) is 52.4 Å². The molecule has 156 valence electrons. The van der Waals surface area contributed by atoms with Crippen molar-refractivity contribution in [2.24, 2.45) is 0 Å². The predicted octanol–water partition coefficient (Wildman–Crippen LogP) is 5.66. The van der Waals surface area contributed by atoms with Gasteiger partial charge in [0.25, 0.3) is 0 Å². The fraction of sp³-hybridized carbons (Fsp3) is 0.409. The van der Waals surface area contributed by atoms with Gasteiger partial charge in [0, 0.05) is 18.6 Å². The number of aliphatic carboxylic acids is 1. The summed E-state index contributed by atoms with van der Waals surface area (Å²) in [5, 5.41) is 20.1. The van der Waals surface area contributed by atoms with E-state index in [-0.39, 0.29) is 29.7 Å². The van der Waals surface area contributed by atoms with Gasteiger partial charge < -0.3 is 14.6 Å². The summed E-state index contributed by atoms with van der Waals surface area (Å²) in [6.07, 6.45) is 0.509. The van der Waals surface area contributed by atoms with Crippen LogP contribution in [0.2, 0.25) is 0 Å². The second-order valence-corrected chi connectivity index (χ2v) is 7.50. The fourth-order valence-corrected chi connectivity index (χ4v) is 3.10. The SMILES string of the molecule is COc1cc(Oc2c(C(C)C)cc(CCC(=O)O)cc2C(C)C)ccc1[N+](=O)[O-]. The maximum absolute atomic E-state index is 11.1. The monoisotopic (exact) mass is 401 g/mol. The third kappa shape index (κ3) is 5.47. The van der Waals surface area contributed by atoms with Crippen molar-refractivity contribution in [3.05, 3.63) is 57.1 Å². The zero-order valence-corrected chi connectivity index (χ0v) is 17.4. The molecule has 2 aromatic rings. The topological polar surface area (TPSA) is 98.9 Å². The van der Waals surface area contributed by atoms with Gasteiger partial charge in [-0.25, -0.2) is 0 Å². The van der Waals surface area contributed by atoms with Crippen molar-refractivity contribution in [3.63, 3.8) is 0 Å². The summed E-state index contributed by atoms with van der Waals surface area (Å²) in [5.74, 6) is 0.724. The van der Waals surface area contributed by atoms with Gasteiger partial charge in [-0.1, -0.05) is 39.8 Å². The summed E-state index contributed by atoms with van der Waals surface area (Å²) in [6, 6.07) is 8.38. The maximum atomic E-state index is 11.1. The van der Waals surface area contributed by atoms with E-state index in [4.69, 9.17) is 14.6 Å². The molecule has 0 aliphatic heterocycles. The predicted molar refractivity (Wildman–Crippen MR) is 110 cm³/mol. The number of hydrogen-bond donors (Lipinski definition) is 1. The third-order valence-corrected chi connectivity index (χ3v) is 4.65. The van der Waals surface area contributed by atoms with E-state index in [9.17, 15) is 14.9 Å². The molecule has 29 heavy (non-hydrogen) atoms. The van der Waals surface area contributed by atoms with Crippen LogP contribution in [0.3, 0.4) is 0 Å². The first-order chi connectivity index (χ1) is 13.6. The zero-order valence-electron chi connectivity index (χ0n) is 17.4. The summed E-state index contributed by atoms with van der Waals surface area (Å²) < 4.78 is 11.3. The number of aryl methyl sites for hydroxylation is 1. The number of carbonyl (C=O) groups is 1. The van der Waals surface area contributed by atoms with Crippen molar-refractivity contribution in [1.29, 1.82) is 0 Å². The smallest absolute Gasteiger partial charge is 0.311 e. The molecule has 7 heteroatoms. The average molecular weight is 401 g/mol. The number of methoxy groups -OCH3 is 1. The number of ether oxygens (including phenoxy) is 2. The van der Waals surface area contributed by atoms with E-state index in [0.717, 1.165) is 16.7 Å². The van der Waals surface area contributed by atoms with E-state index < -0.39 is 10.9 Å².